The topological polar surface area (TPSA) is 54.3 Å². The number of carbonyl (C=O) groups is 1. The maximum Gasteiger partial charge on any atom is 0.267 e. The minimum atomic E-state index is -0.154. The predicted octanol–water partition coefficient (Wildman–Crippen LogP) is 3.00. The Morgan fingerprint density at radius 2 is 2.10 bits per heavy atom. The molecule has 1 aromatic heterocycles. The van der Waals surface area contributed by atoms with Crippen LogP contribution in [0.4, 0.5) is 0 Å². The number of aliphatic hydroxyl groups excluding tert-OH is 1. The monoisotopic (exact) mass is 298 g/mol. The van der Waals surface area contributed by atoms with E-state index in [9.17, 15) is 9.90 Å². The molecule has 5 heteroatoms. The Kier molecular flexibility index (Phi) is 5.11. The van der Waals surface area contributed by atoms with Gasteiger partial charge in [-0.05, 0) is 51.5 Å². The van der Waals surface area contributed by atoms with E-state index in [4.69, 9.17) is 11.6 Å². The Hall–Kier alpha value is -1.00. The van der Waals surface area contributed by atoms with Gasteiger partial charge in [0, 0.05) is 18.8 Å². The van der Waals surface area contributed by atoms with Gasteiger partial charge < -0.3 is 15.0 Å². The first kappa shape index (κ1) is 15.4. The van der Waals surface area contributed by atoms with Gasteiger partial charge >= 0.3 is 0 Å². The summed E-state index contributed by atoms with van der Waals surface area (Å²) in [6.07, 6.45) is 5.28. The summed E-state index contributed by atoms with van der Waals surface area (Å²) in [5.74, 6) is 0.400. The fourth-order valence-electron chi connectivity index (χ4n) is 2.73. The molecule has 1 amide bonds. The van der Waals surface area contributed by atoms with Gasteiger partial charge in [0.25, 0.3) is 5.91 Å². The Balaban J connectivity index is 1.92. The molecular weight excluding hydrogens is 276 g/mol. The normalized spacial score (nSPS) is 23.1. The van der Waals surface area contributed by atoms with Crippen molar-refractivity contribution in [1.29, 1.82) is 0 Å². The molecule has 1 fully saturated rings. The van der Waals surface area contributed by atoms with Crippen LogP contribution in [0.3, 0.4) is 0 Å². The van der Waals surface area contributed by atoms with Crippen molar-refractivity contribution in [2.45, 2.75) is 51.7 Å². The molecule has 4 nitrogen and oxygen atoms in total. The largest absolute Gasteiger partial charge is 0.393 e. The van der Waals surface area contributed by atoms with Crippen molar-refractivity contribution in [2.75, 3.05) is 6.54 Å². The van der Waals surface area contributed by atoms with Crippen LogP contribution in [0, 0.1) is 5.92 Å². The third kappa shape index (κ3) is 3.76. The van der Waals surface area contributed by atoms with Crippen molar-refractivity contribution in [2.24, 2.45) is 5.92 Å². The molecular formula is C15H23ClN2O2. The highest BCUT2D eigenvalue weighted by Crippen LogP contribution is 2.24. The summed E-state index contributed by atoms with van der Waals surface area (Å²) in [5, 5.41) is 13.1. The van der Waals surface area contributed by atoms with E-state index in [1.165, 1.54) is 0 Å². The average Bonchev–Trinajstić information content (AvgIpc) is 2.80. The van der Waals surface area contributed by atoms with Gasteiger partial charge in [-0.1, -0.05) is 11.6 Å². The zero-order chi connectivity index (χ0) is 14.7. The summed E-state index contributed by atoms with van der Waals surface area (Å²) in [6.45, 7) is 4.72. The van der Waals surface area contributed by atoms with Crippen LogP contribution in [0.15, 0.2) is 12.3 Å². The summed E-state index contributed by atoms with van der Waals surface area (Å²) in [7, 11) is 0. The quantitative estimate of drug-likeness (QED) is 0.898. The second-order valence-corrected chi connectivity index (χ2v) is 6.37. The number of rotatable bonds is 4. The molecule has 0 aromatic carbocycles. The average molecular weight is 299 g/mol. The van der Waals surface area contributed by atoms with Crippen molar-refractivity contribution >= 4 is 17.5 Å². The number of amides is 1. The van der Waals surface area contributed by atoms with Gasteiger partial charge in [-0.15, -0.1) is 0 Å². The molecule has 1 heterocycles. The van der Waals surface area contributed by atoms with E-state index < -0.39 is 0 Å². The molecule has 112 valence electrons. The molecule has 0 unspecified atom stereocenters. The lowest BCUT2D eigenvalue weighted by Crippen LogP contribution is -2.33. The van der Waals surface area contributed by atoms with E-state index in [0.29, 0.717) is 23.2 Å². The molecule has 2 N–H and O–H groups in total. The molecule has 1 aromatic rings. The first-order valence-corrected chi connectivity index (χ1v) is 7.68. The van der Waals surface area contributed by atoms with Crippen LogP contribution in [0.25, 0.3) is 0 Å². The highest BCUT2D eigenvalue weighted by atomic mass is 35.5. The summed E-state index contributed by atoms with van der Waals surface area (Å²) in [5.41, 5.74) is 0.612. The molecule has 0 radical (unpaired) electrons. The van der Waals surface area contributed by atoms with Crippen molar-refractivity contribution in [3.63, 3.8) is 0 Å². The number of carbonyl (C=O) groups excluding carboxylic acids is 1. The predicted molar refractivity (Wildman–Crippen MR) is 80.1 cm³/mol. The molecule has 1 aliphatic rings. The molecule has 0 spiro atoms. The lowest BCUT2D eigenvalue weighted by Gasteiger charge is -2.25. The Labute approximate surface area is 125 Å². The molecule has 1 aliphatic carbocycles. The first-order chi connectivity index (χ1) is 9.47. The number of halogens is 1. The molecule has 20 heavy (non-hydrogen) atoms. The minimum absolute atomic E-state index is 0.0725. The first-order valence-electron chi connectivity index (χ1n) is 7.31. The fraction of sp³-hybridized carbons (Fsp3) is 0.667. The van der Waals surface area contributed by atoms with Crippen molar-refractivity contribution in [3.05, 3.63) is 23.0 Å². The molecule has 0 bridgehead atoms. The van der Waals surface area contributed by atoms with Gasteiger partial charge in [-0.3, -0.25) is 4.79 Å². The summed E-state index contributed by atoms with van der Waals surface area (Å²) < 4.78 is 1.89. The van der Waals surface area contributed by atoms with Gasteiger partial charge in [0.15, 0.2) is 0 Å². The van der Waals surface area contributed by atoms with E-state index in [-0.39, 0.29) is 18.1 Å². The number of nitrogens with one attached hydrogen (secondary N) is 1. The SMILES string of the molecule is CC(C)n1cc(Cl)cc1C(=O)NCC1CCC(O)CC1. The Morgan fingerprint density at radius 3 is 2.70 bits per heavy atom. The van der Waals surface area contributed by atoms with Gasteiger partial charge in [0.1, 0.15) is 5.69 Å². The second-order valence-electron chi connectivity index (χ2n) is 5.93. The van der Waals surface area contributed by atoms with Gasteiger partial charge in [-0.25, -0.2) is 0 Å². The second kappa shape index (κ2) is 6.64. The molecule has 1 saturated carbocycles. The number of aliphatic hydroxyl groups is 1. The van der Waals surface area contributed by atoms with Crippen LogP contribution >= 0.6 is 11.6 Å². The Bertz CT molecular complexity index is 462. The van der Waals surface area contributed by atoms with Crippen molar-refractivity contribution in [3.8, 4) is 0 Å². The third-order valence-corrected chi connectivity index (χ3v) is 4.18. The number of aromatic nitrogens is 1. The van der Waals surface area contributed by atoms with Crippen LogP contribution in [0.1, 0.15) is 56.1 Å². The molecule has 0 atom stereocenters. The van der Waals surface area contributed by atoms with E-state index in [0.717, 1.165) is 25.7 Å². The van der Waals surface area contributed by atoms with E-state index in [2.05, 4.69) is 5.32 Å². The minimum Gasteiger partial charge on any atom is -0.393 e. The molecule has 2 rings (SSSR count). The lowest BCUT2D eigenvalue weighted by atomic mass is 9.87. The van der Waals surface area contributed by atoms with Crippen LogP contribution < -0.4 is 5.32 Å². The maximum atomic E-state index is 12.3. The summed E-state index contributed by atoms with van der Waals surface area (Å²) in [4.78, 5) is 12.3. The van der Waals surface area contributed by atoms with Crippen molar-refractivity contribution in [1.82, 2.24) is 9.88 Å². The summed E-state index contributed by atoms with van der Waals surface area (Å²) in [6, 6.07) is 1.91. The van der Waals surface area contributed by atoms with E-state index >= 15 is 0 Å². The number of hydrogen-bond donors (Lipinski definition) is 2. The molecule has 0 aliphatic heterocycles. The zero-order valence-electron chi connectivity index (χ0n) is 12.1. The standard InChI is InChI=1S/C15H23ClN2O2/c1-10(2)18-9-12(16)7-14(18)15(20)17-8-11-3-5-13(19)6-4-11/h7,9-11,13,19H,3-6,8H2,1-2H3,(H,17,20). The smallest absolute Gasteiger partial charge is 0.267 e. The lowest BCUT2D eigenvalue weighted by molar-refractivity contribution is 0.0901. The zero-order valence-corrected chi connectivity index (χ0v) is 12.9. The Morgan fingerprint density at radius 1 is 1.45 bits per heavy atom. The van der Waals surface area contributed by atoms with Gasteiger partial charge in [0.2, 0.25) is 0 Å². The number of nitrogens with zero attached hydrogens (tertiary/aromatic N) is 1. The van der Waals surface area contributed by atoms with Crippen LogP contribution in [0.5, 0.6) is 0 Å². The maximum absolute atomic E-state index is 12.3. The molecule has 0 saturated heterocycles. The van der Waals surface area contributed by atoms with E-state index in [1.807, 2.05) is 18.4 Å². The van der Waals surface area contributed by atoms with Gasteiger partial charge in [0.05, 0.1) is 11.1 Å². The summed E-state index contributed by atoms with van der Waals surface area (Å²) >= 11 is 5.99. The van der Waals surface area contributed by atoms with E-state index in [1.54, 1.807) is 12.3 Å². The third-order valence-electron chi connectivity index (χ3n) is 3.97. The fourth-order valence-corrected chi connectivity index (χ4v) is 2.94. The number of hydrogen-bond acceptors (Lipinski definition) is 2. The highest BCUT2D eigenvalue weighted by molar-refractivity contribution is 6.31. The van der Waals surface area contributed by atoms with Crippen molar-refractivity contribution < 1.29 is 9.90 Å². The van der Waals surface area contributed by atoms with Crippen LogP contribution in [-0.2, 0) is 0 Å². The van der Waals surface area contributed by atoms with Gasteiger partial charge in [-0.2, -0.15) is 0 Å². The highest BCUT2D eigenvalue weighted by Gasteiger charge is 2.21. The van der Waals surface area contributed by atoms with Crippen LogP contribution in [-0.4, -0.2) is 28.2 Å². The van der Waals surface area contributed by atoms with Crippen LogP contribution in [0.2, 0.25) is 5.02 Å².